The van der Waals surface area contributed by atoms with Crippen molar-refractivity contribution in [1.29, 1.82) is 0 Å². The zero-order valence-electron chi connectivity index (χ0n) is 10.3. The molecule has 0 saturated carbocycles. The van der Waals surface area contributed by atoms with Gasteiger partial charge in [-0.05, 0) is 33.5 Å². The van der Waals surface area contributed by atoms with E-state index in [1.807, 2.05) is 14.1 Å². The summed E-state index contributed by atoms with van der Waals surface area (Å²) in [5.74, 6) is 0.0277. The number of nitrogens with two attached hydrogens (primary N) is 1. The zero-order chi connectivity index (χ0) is 12.7. The molecule has 17 heavy (non-hydrogen) atoms. The van der Waals surface area contributed by atoms with Crippen molar-refractivity contribution in [2.45, 2.75) is 12.8 Å². The molecule has 1 amide bonds. The van der Waals surface area contributed by atoms with Crippen molar-refractivity contribution in [3.8, 4) is 0 Å². The Kier molecular flexibility index (Phi) is 5.35. The molecule has 1 rings (SSSR count). The van der Waals surface area contributed by atoms with E-state index < -0.39 is 0 Å². The summed E-state index contributed by atoms with van der Waals surface area (Å²) in [7, 11) is 4.06. The van der Waals surface area contributed by atoms with Gasteiger partial charge in [-0.15, -0.1) is 0 Å². The number of unbranched alkanes of at least 4 members (excludes halogenated alkanes) is 1. The van der Waals surface area contributed by atoms with Gasteiger partial charge >= 0.3 is 0 Å². The molecule has 1 heterocycles. The first-order chi connectivity index (χ1) is 8.09. The van der Waals surface area contributed by atoms with Crippen molar-refractivity contribution in [2.75, 3.05) is 32.9 Å². The number of nitrogens with one attached hydrogen (secondary N) is 1. The second-order valence-corrected chi connectivity index (χ2v) is 4.10. The maximum absolute atomic E-state index is 11.6. The summed E-state index contributed by atoms with van der Waals surface area (Å²) >= 11 is 0. The fourth-order valence-electron chi connectivity index (χ4n) is 1.34. The minimum absolute atomic E-state index is 0.227. The largest absolute Gasteiger partial charge is 0.382 e. The van der Waals surface area contributed by atoms with Crippen LogP contribution in [0.25, 0.3) is 0 Å². The molecule has 6 heteroatoms. The van der Waals surface area contributed by atoms with Gasteiger partial charge in [-0.1, -0.05) is 0 Å². The van der Waals surface area contributed by atoms with Crippen molar-refractivity contribution in [3.63, 3.8) is 0 Å². The molecule has 1 aromatic heterocycles. The number of nitrogens with zero attached hydrogens (tertiary/aromatic N) is 3. The van der Waals surface area contributed by atoms with Gasteiger partial charge in [0.05, 0.1) is 12.4 Å². The Morgan fingerprint density at radius 3 is 2.82 bits per heavy atom. The number of carbonyl (C=O) groups is 1. The van der Waals surface area contributed by atoms with Gasteiger partial charge in [0.15, 0.2) is 0 Å². The summed E-state index contributed by atoms with van der Waals surface area (Å²) in [4.78, 5) is 21.4. The Bertz CT molecular complexity index is 367. The van der Waals surface area contributed by atoms with Crippen LogP contribution in [-0.2, 0) is 0 Å². The number of aromatic nitrogens is 2. The highest BCUT2D eigenvalue weighted by molar-refractivity contribution is 5.92. The van der Waals surface area contributed by atoms with Crippen molar-refractivity contribution in [2.24, 2.45) is 0 Å². The first-order valence-electron chi connectivity index (χ1n) is 5.60. The van der Waals surface area contributed by atoms with Crippen LogP contribution >= 0.6 is 0 Å². The second kappa shape index (κ2) is 6.80. The van der Waals surface area contributed by atoms with Gasteiger partial charge in [0.2, 0.25) is 0 Å². The Morgan fingerprint density at radius 1 is 1.41 bits per heavy atom. The van der Waals surface area contributed by atoms with Gasteiger partial charge in [0.1, 0.15) is 11.5 Å². The number of hydrogen-bond donors (Lipinski definition) is 2. The third kappa shape index (κ3) is 5.26. The second-order valence-electron chi connectivity index (χ2n) is 4.10. The van der Waals surface area contributed by atoms with Crippen LogP contribution in [0.3, 0.4) is 0 Å². The SMILES string of the molecule is CN(C)CCCCNC(=O)c1cncc(N)n1. The molecule has 0 atom stereocenters. The summed E-state index contributed by atoms with van der Waals surface area (Å²) in [6.07, 6.45) is 4.81. The highest BCUT2D eigenvalue weighted by Gasteiger charge is 2.06. The van der Waals surface area contributed by atoms with Crippen LogP contribution in [0.1, 0.15) is 23.3 Å². The van der Waals surface area contributed by atoms with E-state index in [-0.39, 0.29) is 17.4 Å². The van der Waals surface area contributed by atoms with Crippen LogP contribution in [0.2, 0.25) is 0 Å². The highest BCUT2D eigenvalue weighted by Crippen LogP contribution is 1.97. The predicted octanol–water partition coefficient (Wildman–Crippen LogP) is 0.130. The summed E-state index contributed by atoms with van der Waals surface area (Å²) in [6, 6.07) is 0. The lowest BCUT2D eigenvalue weighted by atomic mass is 10.3. The smallest absolute Gasteiger partial charge is 0.271 e. The number of rotatable bonds is 6. The first-order valence-corrected chi connectivity index (χ1v) is 5.60. The van der Waals surface area contributed by atoms with Crippen molar-refractivity contribution in [1.82, 2.24) is 20.2 Å². The molecule has 0 aliphatic rings. The molecular formula is C11H19N5O. The lowest BCUT2D eigenvalue weighted by Gasteiger charge is -2.09. The van der Waals surface area contributed by atoms with E-state index in [0.29, 0.717) is 6.54 Å². The molecule has 0 saturated heterocycles. The predicted molar refractivity (Wildman–Crippen MR) is 66.6 cm³/mol. The molecule has 1 aromatic rings. The van der Waals surface area contributed by atoms with Crippen LogP contribution in [0.5, 0.6) is 0 Å². The van der Waals surface area contributed by atoms with Gasteiger partial charge in [0.25, 0.3) is 5.91 Å². The molecule has 0 fully saturated rings. The van der Waals surface area contributed by atoms with Crippen LogP contribution in [0.4, 0.5) is 5.82 Å². The molecule has 94 valence electrons. The van der Waals surface area contributed by atoms with Crippen molar-refractivity contribution < 1.29 is 4.79 Å². The highest BCUT2D eigenvalue weighted by atomic mass is 16.1. The average molecular weight is 237 g/mol. The molecule has 0 spiro atoms. The molecule has 6 nitrogen and oxygen atoms in total. The fourth-order valence-corrected chi connectivity index (χ4v) is 1.34. The molecule has 0 unspecified atom stereocenters. The van der Waals surface area contributed by atoms with E-state index in [0.717, 1.165) is 19.4 Å². The van der Waals surface area contributed by atoms with Crippen molar-refractivity contribution in [3.05, 3.63) is 18.1 Å². The molecular weight excluding hydrogens is 218 g/mol. The van der Waals surface area contributed by atoms with Crippen LogP contribution in [0, 0.1) is 0 Å². The van der Waals surface area contributed by atoms with Gasteiger partial charge < -0.3 is 16.0 Å². The minimum atomic E-state index is -0.227. The normalized spacial score (nSPS) is 10.5. The maximum atomic E-state index is 11.6. The fraction of sp³-hybridized carbons (Fsp3) is 0.545. The summed E-state index contributed by atoms with van der Waals surface area (Å²) in [5, 5.41) is 2.78. The number of nitrogen functional groups attached to an aromatic ring is 1. The number of hydrogen-bond acceptors (Lipinski definition) is 5. The zero-order valence-corrected chi connectivity index (χ0v) is 10.3. The van der Waals surface area contributed by atoms with E-state index in [1.165, 1.54) is 12.4 Å². The van der Waals surface area contributed by atoms with E-state index in [2.05, 4.69) is 20.2 Å². The van der Waals surface area contributed by atoms with Gasteiger partial charge in [0, 0.05) is 6.54 Å². The molecule has 0 radical (unpaired) electrons. The van der Waals surface area contributed by atoms with E-state index in [1.54, 1.807) is 0 Å². The molecule has 0 bridgehead atoms. The Morgan fingerprint density at radius 2 is 2.18 bits per heavy atom. The molecule has 3 N–H and O–H groups in total. The maximum Gasteiger partial charge on any atom is 0.271 e. The summed E-state index contributed by atoms with van der Waals surface area (Å²) in [6.45, 7) is 1.66. The molecule has 0 aromatic carbocycles. The summed E-state index contributed by atoms with van der Waals surface area (Å²) < 4.78 is 0. The number of amides is 1. The lowest BCUT2D eigenvalue weighted by molar-refractivity contribution is 0.0947. The molecule has 0 aliphatic carbocycles. The Labute approximate surface area is 101 Å². The lowest BCUT2D eigenvalue weighted by Crippen LogP contribution is -2.26. The summed E-state index contributed by atoms with van der Waals surface area (Å²) in [5.41, 5.74) is 5.71. The van der Waals surface area contributed by atoms with Crippen molar-refractivity contribution >= 4 is 11.7 Å². The standard InChI is InChI=1S/C11H19N5O/c1-16(2)6-4-3-5-14-11(17)9-7-13-8-10(12)15-9/h7-8H,3-6H2,1-2H3,(H2,12,15)(H,14,17). The van der Waals surface area contributed by atoms with Crippen LogP contribution in [0.15, 0.2) is 12.4 Å². The molecule has 0 aliphatic heterocycles. The first kappa shape index (κ1) is 13.4. The van der Waals surface area contributed by atoms with Crippen LogP contribution in [-0.4, -0.2) is 48.0 Å². The van der Waals surface area contributed by atoms with Gasteiger partial charge in [-0.2, -0.15) is 0 Å². The van der Waals surface area contributed by atoms with Crippen LogP contribution < -0.4 is 11.1 Å². The quantitative estimate of drug-likeness (QED) is 0.687. The van der Waals surface area contributed by atoms with E-state index in [4.69, 9.17) is 5.73 Å². The Hall–Kier alpha value is -1.69. The van der Waals surface area contributed by atoms with Gasteiger partial charge in [-0.3, -0.25) is 9.78 Å². The van der Waals surface area contributed by atoms with E-state index >= 15 is 0 Å². The number of anilines is 1. The van der Waals surface area contributed by atoms with E-state index in [9.17, 15) is 4.79 Å². The minimum Gasteiger partial charge on any atom is -0.382 e. The third-order valence-corrected chi connectivity index (χ3v) is 2.20. The Balaban J connectivity index is 2.26. The monoisotopic (exact) mass is 237 g/mol. The third-order valence-electron chi connectivity index (χ3n) is 2.20. The van der Waals surface area contributed by atoms with Gasteiger partial charge in [-0.25, -0.2) is 4.98 Å². The number of carbonyl (C=O) groups excluding carboxylic acids is 1. The topological polar surface area (TPSA) is 84.1 Å². The average Bonchev–Trinajstić information content (AvgIpc) is 2.28.